The SMILES string of the molecule is COC1(C)C(C)(O)[C@@](C)(CO)O[C@@]1(C)n1ccc(N)nc1=O. The Morgan fingerprint density at radius 3 is 2.45 bits per heavy atom. The lowest BCUT2D eigenvalue weighted by molar-refractivity contribution is -0.207. The fraction of sp³-hybridized carbons (Fsp3) is 0.714. The maximum absolute atomic E-state index is 12.2. The van der Waals surface area contributed by atoms with Gasteiger partial charge in [-0.3, -0.25) is 4.57 Å². The van der Waals surface area contributed by atoms with Crippen LogP contribution in [-0.4, -0.2) is 50.3 Å². The van der Waals surface area contributed by atoms with E-state index in [1.54, 1.807) is 20.8 Å². The third kappa shape index (κ3) is 1.78. The van der Waals surface area contributed by atoms with Crippen LogP contribution < -0.4 is 11.4 Å². The van der Waals surface area contributed by atoms with Crippen molar-refractivity contribution >= 4 is 5.82 Å². The molecule has 0 amide bonds. The van der Waals surface area contributed by atoms with E-state index in [1.807, 2.05) is 0 Å². The molecule has 0 aromatic carbocycles. The quantitative estimate of drug-likeness (QED) is 0.684. The Morgan fingerprint density at radius 1 is 1.41 bits per heavy atom. The van der Waals surface area contributed by atoms with Gasteiger partial charge in [0.15, 0.2) is 5.72 Å². The molecular weight excluding hydrogens is 290 g/mol. The number of ether oxygens (including phenoxy) is 2. The van der Waals surface area contributed by atoms with Crippen LogP contribution in [0.5, 0.6) is 0 Å². The highest BCUT2D eigenvalue weighted by Gasteiger charge is 2.73. The van der Waals surface area contributed by atoms with E-state index >= 15 is 0 Å². The Kier molecular flexibility index (Phi) is 3.65. The van der Waals surface area contributed by atoms with Gasteiger partial charge in [-0.1, -0.05) is 0 Å². The summed E-state index contributed by atoms with van der Waals surface area (Å²) in [4.78, 5) is 15.9. The molecule has 1 aromatic heterocycles. The van der Waals surface area contributed by atoms with Crippen LogP contribution in [0.15, 0.2) is 17.1 Å². The fourth-order valence-electron chi connectivity index (χ4n) is 3.19. The van der Waals surface area contributed by atoms with Crippen molar-refractivity contribution in [2.24, 2.45) is 0 Å². The first-order valence-corrected chi connectivity index (χ1v) is 6.93. The first kappa shape index (κ1) is 16.9. The van der Waals surface area contributed by atoms with Gasteiger partial charge < -0.3 is 25.4 Å². The van der Waals surface area contributed by atoms with Gasteiger partial charge in [-0.25, -0.2) is 4.79 Å². The van der Waals surface area contributed by atoms with Gasteiger partial charge in [0.2, 0.25) is 0 Å². The summed E-state index contributed by atoms with van der Waals surface area (Å²) in [5.41, 5.74) is -0.780. The standard InChI is InChI=1S/C14H23N3O5/c1-11(8-18)12(2,20)13(3,21-5)14(4,22-11)17-7-6-9(15)16-10(17)19/h6-7,18,20H,8H2,1-5H3,(H2,15,16,19)/t11-,12?,13?,14-/m1/s1. The minimum atomic E-state index is -1.58. The first-order valence-electron chi connectivity index (χ1n) is 6.93. The maximum atomic E-state index is 12.2. The monoisotopic (exact) mass is 313 g/mol. The fourth-order valence-corrected chi connectivity index (χ4v) is 3.19. The zero-order valence-electron chi connectivity index (χ0n) is 13.5. The number of hydrogen-bond donors (Lipinski definition) is 3. The van der Waals surface area contributed by atoms with Gasteiger partial charge in [-0.05, 0) is 33.8 Å². The van der Waals surface area contributed by atoms with Crippen molar-refractivity contribution in [3.63, 3.8) is 0 Å². The molecule has 0 saturated carbocycles. The third-order valence-electron chi connectivity index (χ3n) is 5.26. The number of anilines is 1. The molecule has 1 aliphatic rings. The number of methoxy groups -OCH3 is 1. The zero-order valence-corrected chi connectivity index (χ0v) is 13.5. The number of hydrogen-bond acceptors (Lipinski definition) is 7. The van der Waals surface area contributed by atoms with Crippen molar-refractivity contribution in [2.75, 3.05) is 19.5 Å². The number of nitrogens with two attached hydrogens (primary N) is 1. The predicted molar refractivity (Wildman–Crippen MR) is 79.2 cm³/mol. The molecule has 124 valence electrons. The Labute approximate surface area is 128 Å². The number of aromatic nitrogens is 2. The molecule has 8 nitrogen and oxygen atoms in total. The summed E-state index contributed by atoms with van der Waals surface area (Å²) in [6.07, 6.45) is 1.43. The van der Waals surface area contributed by atoms with E-state index in [4.69, 9.17) is 15.2 Å². The lowest BCUT2D eigenvalue weighted by atomic mass is 9.73. The van der Waals surface area contributed by atoms with Crippen molar-refractivity contribution < 1.29 is 19.7 Å². The normalized spacial score (nSPS) is 41.8. The van der Waals surface area contributed by atoms with Crippen LogP contribution in [-0.2, 0) is 15.2 Å². The summed E-state index contributed by atoms with van der Waals surface area (Å²) in [5, 5.41) is 20.7. The molecule has 0 radical (unpaired) electrons. The molecule has 22 heavy (non-hydrogen) atoms. The molecule has 1 saturated heterocycles. The number of aliphatic hydroxyl groups excluding tert-OH is 1. The van der Waals surface area contributed by atoms with E-state index in [-0.39, 0.29) is 5.82 Å². The largest absolute Gasteiger partial charge is 0.393 e. The second kappa shape index (κ2) is 4.76. The average molecular weight is 313 g/mol. The zero-order chi connectivity index (χ0) is 17.0. The topological polar surface area (TPSA) is 120 Å². The van der Waals surface area contributed by atoms with Crippen LogP contribution >= 0.6 is 0 Å². The molecule has 4 N–H and O–H groups in total. The van der Waals surface area contributed by atoms with E-state index in [0.717, 1.165) is 0 Å². The van der Waals surface area contributed by atoms with Crippen molar-refractivity contribution in [3.05, 3.63) is 22.7 Å². The summed E-state index contributed by atoms with van der Waals surface area (Å²) >= 11 is 0. The second-order valence-corrected chi connectivity index (χ2v) is 6.29. The van der Waals surface area contributed by atoms with Gasteiger partial charge in [-0.15, -0.1) is 0 Å². The van der Waals surface area contributed by atoms with Crippen LogP contribution in [0.4, 0.5) is 5.82 Å². The van der Waals surface area contributed by atoms with E-state index in [0.29, 0.717) is 0 Å². The van der Waals surface area contributed by atoms with Crippen molar-refractivity contribution in [1.82, 2.24) is 9.55 Å². The van der Waals surface area contributed by atoms with Gasteiger partial charge >= 0.3 is 5.69 Å². The maximum Gasteiger partial charge on any atom is 0.351 e. The Bertz CT molecular complexity index is 646. The van der Waals surface area contributed by atoms with Gasteiger partial charge in [0, 0.05) is 13.3 Å². The Balaban J connectivity index is 2.75. The van der Waals surface area contributed by atoms with E-state index in [1.165, 1.54) is 30.9 Å². The smallest absolute Gasteiger partial charge is 0.351 e. The highest BCUT2D eigenvalue weighted by atomic mass is 16.6. The van der Waals surface area contributed by atoms with E-state index in [2.05, 4.69) is 4.98 Å². The van der Waals surface area contributed by atoms with Gasteiger partial charge in [0.05, 0.1) is 6.61 Å². The molecule has 0 bridgehead atoms. The number of nitrogens with zero attached hydrogens (tertiary/aromatic N) is 2. The van der Waals surface area contributed by atoms with Crippen molar-refractivity contribution in [2.45, 2.75) is 50.2 Å². The summed E-state index contributed by atoms with van der Waals surface area (Å²) in [6.45, 7) is 5.84. The average Bonchev–Trinajstić information content (AvgIpc) is 2.56. The van der Waals surface area contributed by atoms with Gasteiger partial charge in [0.25, 0.3) is 0 Å². The number of aliphatic hydroxyl groups is 2. The molecular formula is C14H23N3O5. The third-order valence-corrected chi connectivity index (χ3v) is 5.26. The van der Waals surface area contributed by atoms with Crippen LogP contribution in [0.3, 0.4) is 0 Å². The van der Waals surface area contributed by atoms with Gasteiger partial charge in [0.1, 0.15) is 22.6 Å². The molecule has 4 atom stereocenters. The molecule has 1 aliphatic heterocycles. The van der Waals surface area contributed by atoms with Crippen LogP contribution in [0.25, 0.3) is 0 Å². The molecule has 0 aliphatic carbocycles. The summed E-state index contributed by atoms with van der Waals surface area (Å²) < 4.78 is 12.7. The van der Waals surface area contributed by atoms with E-state index < -0.39 is 34.8 Å². The molecule has 1 aromatic rings. The van der Waals surface area contributed by atoms with Crippen molar-refractivity contribution in [3.8, 4) is 0 Å². The van der Waals surface area contributed by atoms with Crippen LogP contribution in [0.2, 0.25) is 0 Å². The molecule has 1 fully saturated rings. The highest BCUT2D eigenvalue weighted by Crippen LogP contribution is 2.55. The molecule has 2 heterocycles. The first-order chi connectivity index (χ1) is 9.99. The van der Waals surface area contributed by atoms with Crippen LogP contribution in [0, 0.1) is 0 Å². The molecule has 2 unspecified atom stereocenters. The van der Waals surface area contributed by atoms with Crippen LogP contribution in [0.1, 0.15) is 27.7 Å². The molecule has 0 spiro atoms. The highest BCUT2D eigenvalue weighted by molar-refractivity contribution is 5.26. The van der Waals surface area contributed by atoms with E-state index in [9.17, 15) is 15.0 Å². The molecule has 8 heteroatoms. The van der Waals surface area contributed by atoms with Crippen molar-refractivity contribution in [1.29, 1.82) is 0 Å². The minimum Gasteiger partial charge on any atom is -0.393 e. The Morgan fingerprint density at radius 2 is 2.00 bits per heavy atom. The predicted octanol–water partition coefficient (Wildman–Crippen LogP) is -0.564. The Hall–Kier alpha value is -1.48. The molecule has 2 rings (SSSR count). The lowest BCUT2D eigenvalue weighted by Crippen LogP contribution is -2.64. The minimum absolute atomic E-state index is 0.0821. The summed E-state index contributed by atoms with van der Waals surface area (Å²) in [5.74, 6) is 0.0821. The van der Waals surface area contributed by atoms with Gasteiger partial charge in [-0.2, -0.15) is 4.98 Å². The second-order valence-electron chi connectivity index (χ2n) is 6.29. The lowest BCUT2D eigenvalue weighted by Gasteiger charge is -2.45. The number of nitrogen functional groups attached to an aromatic ring is 1. The number of rotatable bonds is 3. The summed E-state index contributed by atoms with van der Waals surface area (Å²) in [7, 11) is 1.41. The summed E-state index contributed by atoms with van der Waals surface area (Å²) in [6, 6.07) is 1.45.